The Balaban J connectivity index is 1.67. The molecule has 104 valence electrons. The topological polar surface area (TPSA) is 15.3 Å². The predicted octanol–water partition coefficient (Wildman–Crippen LogP) is 2.95. The van der Waals surface area contributed by atoms with E-state index in [0.29, 0.717) is 10.9 Å². The second kappa shape index (κ2) is 5.47. The Morgan fingerprint density at radius 1 is 1.32 bits per heavy atom. The van der Waals surface area contributed by atoms with Gasteiger partial charge in [-0.05, 0) is 37.1 Å². The molecule has 3 heteroatoms. The van der Waals surface area contributed by atoms with Crippen molar-refractivity contribution in [2.75, 3.05) is 18.8 Å². The smallest absolute Gasteiger partial charge is 0.0812 e. The molecule has 2 fully saturated rings. The van der Waals surface area contributed by atoms with Crippen LogP contribution in [0.25, 0.3) is 0 Å². The largest absolute Gasteiger partial charge is 0.301 e. The summed E-state index contributed by atoms with van der Waals surface area (Å²) in [5.74, 6) is 2.11. The summed E-state index contributed by atoms with van der Waals surface area (Å²) in [4.78, 5) is 2.94. The van der Waals surface area contributed by atoms with Gasteiger partial charge in [0.2, 0.25) is 0 Å². The third-order valence-corrected chi connectivity index (χ3v) is 6.54. The summed E-state index contributed by atoms with van der Waals surface area (Å²) < 4.78 is 0. The fourth-order valence-corrected chi connectivity index (χ4v) is 4.73. The lowest BCUT2D eigenvalue weighted by molar-refractivity contribution is 0.226. The zero-order valence-corrected chi connectivity index (χ0v) is 12.7. The highest BCUT2D eigenvalue weighted by molar-refractivity contribution is 8.00. The highest BCUT2D eigenvalue weighted by Crippen LogP contribution is 2.41. The minimum Gasteiger partial charge on any atom is -0.301 e. The van der Waals surface area contributed by atoms with Gasteiger partial charge in [-0.3, -0.25) is 4.90 Å². The van der Waals surface area contributed by atoms with Crippen molar-refractivity contribution in [2.45, 2.75) is 37.7 Å². The van der Waals surface area contributed by atoms with Crippen LogP contribution in [-0.4, -0.2) is 34.7 Å². The lowest BCUT2D eigenvalue weighted by Gasteiger charge is -2.41. The number of nitrogens with one attached hydrogen (secondary N) is 1. The molecule has 0 amide bonds. The van der Waals surface area contributed by atoms with Gasteiger partial charge in [-0.25, -0.2) is 0 Å². The standard InChI is InChI=1S/C16H24N2S/c1-13-10-17-16(19-12-13)8-9-18(14(16)2)11-15-6-4-3-5-7-15/h3-7,13-14,17H,8-12H2,1-2H3. The van der Waals surface area contributed by atoms with Crippen molar-refractivity contribution in [1.82, 2.24) is 10.2 Å². The molecule has 0 aromatic heterocycles. The van der Waals surface area contributed by atoms with Crippen LogP contribution >= 0.6 is 11.8 Å². The summed E-state index contributed by atoms with van der Waals surface area (Å²) in [5, 5.41) is 3.83. The average molecular weight is 276 g/mol. The Bertz CT molecular complexity index is 412. The molecule has 1 spiro atoms. The summed E-state index contributed by atoms with van der Waals surface area (Å²) in [6.07, 6.45) is 1.28. The van der Waals surface area contributed by atoms with E-state index in [-0.39, 0.29) is 0 Å². The molecule has 2 aliphatic heterocycles. The number of hydrogen-bond donors (Lipinski definition) is 1. The quantitative estimate of drug-likeness (QED) is 0.894. The van der Waals surface area contributed by atoms with Crippen LogP contribution < -0.4 is 5.32 Å². The van der Waals surface area contributed by atoms with Gasteiger partial charge in [0.15, 0.2) is 0 Å². The molecule has 2 aliphatic rings. The van der Waals surface area contributed by atoms with Crippen LogP contribution in [0.3, 0.4) is 0 Å². The van der Waals surface area contributed by atoms with Crippen molar-refractivity contribution >= 4 is 11.8 Å². The van der Waals surface area contributed by atoms with Crippen molar-refractivity contribution < 1.29 is 0 Å². The van der Waals surface area contributed by atoms with Crippen molar-refractivity contribution in [3.05, 3.63) is 35.9 Å². The normalized spacial score (nSPS) is 35.9. The maximum atomic E-state index is 3.83. The number of nitrogens with zero attached hydrogens (tertiary/aromatic N) is 1. The zero-order valence-electron chi connectivity index (χ0n) is 11.9. The van der Waals surface area contributed by atoms with E-state index in [1.54, 1.807) is 0 Å². The van der Waals surface area contributed by atoms with Crippen LogP contribution in [0.15, 0.2) is 30.3 Å². The van der Waals surface area contributed by atoms with Gasteiger partial charge in [-0.15, -0.1) is 11.8 Å². The van der Waals surface area contributed by atoms with E-state index in [9.17, 15) is 0 Å². The van der Waals surface area contributed by atoms with Crippen LogP contribution in [0.5, 0.6) is 0 Å². The highest BCUT2D eigenvalue weighted by atomic mass is 32.2. The summed E-state index contributed by atoms with van der Waals surface area (Å²) in [6.45, 7) is 8.21. The number of benzene rings is 1. The first-order valence-corrected chi connectivity index (χ1v) is 8.35. The molecule has 2 saturated heterocycles. The fraction of sp³-hybridized carbons (Fsp3) is 0.625. The van der Waals surface area contributed by atoms with E-state index in [0.717, 1.165) is 12.5 Å². The van der Waals surface area contributed by atoms with Crippen LogP contribution in [0, 0.1) is 5.92 Å². The van der Waals surface area contributed by atoms with Crippen LogP contribution in [-0.2, 0) is 6.54 Å². The van der Waals surface area contributed by atoms with Gasteiger partial charge in [-0.2, -0.15) is 0 Å². The molecule has 2 nitrogen and oxygen atoms in total. The number of hydrogen-bond acceptors (Lipinski definition) is 3. The molecule has 0 bridgehead atoms. The molecule has 19 heavy (non-hydrogen) atoms. The molecule has 3 rings (SSSR count). The fourth-order valence-electron chi connectivity index (χ4n) is 3.22. The van der Waals surface area contributed by atoms with Gasteiger partial charge in [0.25, 0.3) is 0 Å². The molecule has 0 saturated carbocycles. The first kappa shape index (κ1) is 13.5. The minimum atomic E-state index is 0.307. The van der Waals surface area contributed by atoms with E-state index >= 15 is 0 Å². The first-order chi connectivity index (χ1) is 9.20. The third kappa shape index (κ3) is 2.69. The van der Waals surface area contributed by atoms with E-state index in [1.165, 1.54) is 30.8 Å². The molecule has 1 aromatic carbocycles. The van der Waals surface area contributed by atoms with Crippen molar-refractivity contribution in [3.8, 4) is 0 Å². The minimum absolute atomic E-state index is 0.307. The molecular weight excluding hydrogens is 252 g/mol. The Hall–Kier alpha value is -0.510. The first-order valence-electron chi connectivity index (χ1n) is 7.36. The number of rotatable bonds is 2. The molecule has 3 unspecified atom stereocenters. The summed E-state index contributed by atoms with van der Waals surface area (Å²) in [5.41, 5.74) is 1.43. The SMILES string of the molecule is CC1CNC2(CCN(Cc3ccccc3)C2C)SC1. The zero-order chi connectivity index (χ0) is 13.3. The molecule has 0 aliphatic carbocycles. The Labute approximate surface area is 121 Å². The van der Waals surface area contributed by atoms with E-state index in [4.69, 9.17) is 0 Å². The summed E-state index contributed by atoms with van der Waals surface area (Å²) >= 11 is 2.15. The molecular formula is C16H24N2S. The van der Waals surface area contributed by atoms with Crippen molar-refractivity contribution in [2.24, 2.45) is 5.92 Å². The van der Waals surface area contributed by atoms with Gasteiger partial charge < -0.3 is 5.32 Å². The molecule has 2 heterocycles. The lowest BCUT2D eigenvalue weighted by atomic mass is 10.1. The second-order valence-electron chi connectivity index (χ2n) is 6.07. The average Bonchev–Trinajstić information content (AvgIpc) is 2.73. The molecule has 0 radical (unpaired) electrons. The monoisotopic (exact) mass is 276 g/mol. The highest BCUT2D eigenvalue weighted by Gasteiger charge is 2.46. The van der Waals surface area contributed by atoms with Crippen LogP contribution in [0.4, 0.5) is 0 Å². The van der Waals surface area contributed by atoms with E-state index in [2.05, 4.69) is 66.2 Å². The summed E-state index contributed by atoms with van der Waals surface area (Å²) in [6, 6.07) is 11.5. The molecule has 1 aromatic rings. The Kier molecular flexibility index (Phi) is 3.88. The Morgan fingerprint density at radius 2 is 2.11 bits per heavy atom. The molecule has 3 atom stereocenters. The number of thioether (sulfide) groups is 1. The van der Waals surface area contributed by atoms with E-state index < -0.39 is 0 Å². The van der Waals surface area contributed by atoms with Crippen molar-refractivity contribution in [1.29, 1.82) is 0 Å². The second-order valence-corrected chi connectivity index (χ2v) is 7.42. The third-order valence-electron chi connectivity index (χ3n) is 4.60. The van der Waals surface area contributed by atoms with Gasteiger partial charge in [0.05, 0.1) is 4.87 Å². The van der Waals surface area contributed by atoms with Crippen molar-refractivity contribution in [3.63, 3.8) is 0 Å². The van der Waals surface area contributed by atoms with Gasteiger partial charge in [0, 0.05) is 19.1 Å². The maximum Gasteiger partial charge on any atom is 0.0812 e. The molecule has 1 N–H and O–H groups in total. The Morgan fingerprint density at radius 3 is 2.79 bits per heavy atom. The van der Waals surface area contributed by atoms with Gasteiger partial charge in [-0.1, -0.05) is 37.3 Å². The van der Waals surface area contributed by atoms with Gasteiger partial charge in [0.1, 0.15) is 0 Å². The maximum absolute atomic E-state index is 3.83. The van der Waals surface area contributed by atoms with E-state index in [1.807, 2.05) is 0 Å². The lowest BCUT2D eigenvalue weighted by Crippen LogP contribution is -2.55. The predicted molar refractivity (Wildman–Crippen MR) is 83.3 cm³/mol. The van der Waals surface area contributed by atoms with Gasteiger partial charge >= 0.3 is 0 Å². The van der Waals surface area contributed by atoms with Crippen LogP contribution in [0.1, 0.15) is 25.8 Å². The number of likely N-dealkylation sites (tertiary alicyclic amines) is 1. The van der Waals surface area contributed by atoms with Crippen LogP contribution in [0.2, 0.25) is 0 Å². The summed E-state index contributed by atoms with van der Waals surface area (Å²) in [7, 11) is 0.